The van der Waals surface area contributed by atoms with E-state index in [-0.39, 0.29) is 17.9 Å². The number of nitrogens with one attached hydrogen (secondary N) is 1. The summed E-state index contributed by atoms with van der Waals surface area (Å²) in [5.74, 6) is -0.270. The first kappa shape index (κ1) is 8.99. The SMILES string of the molecule is CN1CC(c2ccccc2F)NC1=O. The standard InChI is InChI=1S/C10H11FN2O/c1-13-6-9(12-10(13)14)7-4-2-3-5-8(7)11/h2-5,9H,6H2,1H3,(H,12,14). The van der Waals surface area contributed by atoms with E-state index in [1.54, 1.807) is 25.2 Å². The van der Waals surface area contributed by atoms with E-state index in [9.17, 15) is 9.18 Å². The first-order valence-corrected chi connectivity index (χ1v) is 4.44. The Hall–Kier alpha value is -1.58. The minimum Gasteiger partial charge on any atom is -0.329 e. The molecule has 1 aromatic carbocycles. The third-order valence-corrected chi connectivity index (χ3v) is 2.38. The van der Waals surface area contributed by atoms with E-state index in [4.69, 9.17) is 0 Å². The molecule has 1 aliphatic rings. The van der Waals surface area contributed by atoms with Crippen molar-refractivity contribution in [3.8, 4) is 0 Å². The van der Waals surface area contributed by atoms with Gasteiger partial charge in [0.25, 0.3) is 0 Å². The van der Waals surface area contributed by atoms with Gasteiger partial charge in [0.15, 0.2) is 0 Å². The zero-order valence-electron chi connectivity index (χ0n) is 7.83. The van der Waals surface area contributed by atoms with Crippen LogP contribution in [0.25, 0.3) is 0 Å². The van der Waals surface area contributed by atoms with Gasteiger partial charge >= 0.3 is 6.03 Å². The highest BCUT2D eigenvalue weighted by Crippen LogP contribution is 2.21. The van der Waals surface area contributed by atoms with Crippen LogP contribution in [0.15, 0.2) is 24.3 Å². The molecule has 1 aromatic rings. The summed E-state index contributed by atoms with van der Waals surface area (Å²) >= 11 is 0. The summed E-state index contributed by atoms with van der Waals surface area (Å²) < 4.78 is 13.3. The third-order valence-electron chi connectivity index (χ3n) is 2.38. The Bertz CT molecular complexity index is 367. The van der Waals surface area contributed by atoms with Crippen LogP contribution < -0.4 is 5.32 Å². The van der Waals surface area contributed by atoms with Crippen LogP contribution in [0.3, 0.4) is 0 Å². The molecule has 1 fully saturated rings. The van der Waals surface area contributed by atoms with E-state index >= 15 is 0 Å². The van der Waals surface area contributed by atoms with Crippen molar-refractivity contribution >= 4 is 6.03 Å². The van der Waals surface area contributed by atoms with Gasteiger partial charge in [0.2, 0.25) is 0 Å². The second-order valence-electron chi connectivity index (χ2n) is 3.40. The number of carbonyl (C=O) groups excluding carboxylic acids is 1. The van der Waals surface area contributed by atoms with Gasteiger partial charge in [-0.25, -0.2) is 9.18 Å². The average Bonchev–Trinajstić information content (AvgIpc) is 2.48. The Morgan fingerprint density at radius 2 is 2.21 bits per heavy atom. The summed E-state index contributed by atoms with van der Waals surface area (Å²) in [4.78, 5) is 12.7. The molecule has 0 bridgehead atoms. The van der Waals surface area contributed by atoms with Crippen LogP contribution in [0.1, 0.15) is 11.6 Å². The molecule has 0 saturated carbocycles. The molecule has 1 aliphatic heterocycles. The van der Waals surface area contributed by atoms with Crippen LogP contribution in [-0.4, -0.2) is 24.5 Å². The molecule has 1 unspecified atom stereocenters. The molecule has 1 N–H and O–H groups in total. The van der Waals surface area contributed by atoms with Crippen molar-refractivity contribution in [3.63, 3.8) is 0 Å². The van der Waals surface area contributed by atoms with Crippen molar-refractivity contribution in [1.29, 1.82) is 0 Å². The molecule has 14 heavy (non-hydrogen) atoms. The minimum absolute atomic E-state index is 0.154. The molecule has 2 amide bonds. The minimum atomic E-state index is -0.270. The average molecular weight is 194 g/mol. The van der Waals surface area contributed by atoms with Gasteiger partial charge in [-0.1, -0.05) is 18.2 Å². The lowest BCUT2D eigenvalue weighted by atomic mass is 10.1. The van der Waals surface area contributed by atoms with Crippen molar-refractivity contribution in [2.45, 2.75) is 6.04 Å². The molecular formula is C10H11FN2O. The molecule has 4 heteroatoms. The predicted molar refractivity (Wildman–Crippen MR) is 50.3 cm³/mol. The number of hydrogen-bond acceptors (Lipinski definition) is 1. The summed E-state index contributed by atoms with van der Waals surface area (Å²) in [6, 6.07) is 6.12. The number of nitrogens with zero attached hydrogens (tertiary/aromatic N) is 1. The molecule has 0 radical (unpaired) electrons. The fourth-order valence-corrected chi connectivity index (χ4v) is 1.60. The number of urea groups is 1. The third kappa shape index (κ3) is 1.43. The fourth-order valence-electron chi connectivity index (χ4n) is 1.60. The van der Waals surface area contributed by atoms with Crippen LogP contribution >= 0.6 is 0 Å². The summed E-state index contributed by atoms with van der Waals surface area (Å²) in [6.45, 7) is 0.514. The summed E-state index contributed by atoms with van der Waals surface area (Å²) in [5.41, 5.74) is 0.546. The number of carbonyl (C=O) groups is 1. The zero-order chi connectivity index (χ0) is 10.1. The second kappa shape index (κ2) is 3.29. The molecule has 1 atom stereocenters. The van der Waals surface area contributed by atoms with Crippen molar-refractivity contribution in [1.82, 2.24) is 10.2 Å². The monoisotopic (exact) mass is 194 g/mol. The summed E-state index contributed by atoms with van der Waals surface area (Å²) in [7, 11) is 1.69. The van der Waals surface area contributed by atoms with Gasteiger partial charge in [-0.15, -0.1) is 0 Å². The molecule has 1 heterocycles. The highest BCUT2D eigenvalue weighted by molar-refractivity contribution is 5.76. The first-order valence-electron chi connectivity index (χ1n) is 4.44. The number of likely N-dealkylation sites (N-methyl/N-ethyl adjacent to an activating group) is 1. The van der Waals surface area contributed by atoms with Gasteiger partial charge in [-0.05, 0) is 6.07 Å². The molecular weight excluding hydrogens is 183 g/mol. The van der Waals surface area contributed by atoms with Gasteiger partial charge in [0.05, 0.1) is 6.04 Å². The van der Waals surface area contributed by atoms with Crippen molar-refractivity contribution in [3.05, 3.63) is 35.6 Å². The quantitative estimate of drug-likeness (QED) is 0.722. The molecule has 1 saturated heterocycles. The van der Waals surface area contributed by atoms with Gasteiger partial charge in [-0.2, -0.15) is 0 Å². The van der Waals surface area contributed by atoms with Crippen LogP contribution in [-0.2, 0) is 0 Å². The highest BCUT2D eigenvalue weighted by atomic mass is 19.1. The smallest absolute Gasteiger partial charge is 0.317 e. The Labute approximate surface area is 81.5 Å². The molecule has 0 aromatic heterocycles. The topological polar surface area (TPSA) is 32.3 Å². The fraction of sp³-hybridized carbons (Fsp3) is 0.300. The van der Waals surface area contributed by atoms with E-state index < -0.39 is 0 Å². The van der Waals surface area contributed by atoms with E-state index in [2.05, 4.69) is 5.32 Å². The lowest BCUT2D eigenvalue weighted by molar-refractivity contribution is 0.226. The van der Waals surface area contributed by atoms with Crippen molar-refractivity contribution in [2.24, 2.45) is 0 Å². The zero-order valence-corrected chi connectivity index (χ0v) is 7.83. The Morgan fingerprint density at radius 1 is 1.50 bits per heavy atom. The number of amides is 2. The van der Waals surface area contributed by atoms with E-state index in [1.165, 1.54) is 11.0 Å². The molecule has 0 aliphatic carbocycles. The van der Waals surface area contributed by atoms with Crippen LogP contribution in [0.2, 0.25) is 0 Å². The first-order chi connectivity index (χ1) is 6.68. The van der Waals surface area contributed by atoms with Crippen LogP contribution in [0, 0.1) is 5.82 Å². The van der Waals surface area contributed by atoms with Gasteiger partial charge < -0.3 is 10.2 Å². The van der Waals surface area contributed by atoms with Gasteiger partial charge in [0.1, 0.15) is 5.82 Å². The lowest BCUT2D eigenvalue weighted by Crippen LogP contribution is -2.24. The normalized spacial score (nSPS) is 21.1. The van der Waals surface area contributed by atoms with Crippen LogP contribution in [0.4, 0.5) is 9.18 Å². The van der Waals surface area contributed by atoms with E-state index in [0.717, 1.165) is 0 Å². The Kier molecular flexibility index (Phi) is 2.11. The highest BCUT2D eigenvalue weighted by Gasteiger charge is 2.28. The molecule has 74 valence electrons. The number of halogens is 1. The largest absolute Gasteiger partial charge is 0.329 e. The maximum atomic E-state index is 13.3. The Morgan fingerprint density at radius 3 is 2.79 bits per heavy atom. The number of rotatable bonds is 1. The number of benzene rings is 1. The maximum Gasteiger partial charge on any atom is 0.317 e. The number of hydrogen-bond donors (Lipinski definition) is 1. The Balaban J connectivity index is 2.25. The van der Waals surface area contributed by atoms with Crippen molar-refractivity contribution < 1.29 is 9.18 Å². The van der Waals surface area contributed by atoms with E-state index in [1.807, 2.05) is 0 Å². The van der Waals surface area contributed by atoms with Crippen molar-refractivity contribution in [2.75, 3.05) is 13.6 Å². The maximum absolute atomic E-state index is 13.3. The molecule has 2 rings (SSSR count). The summed E-state index contributed by atoms with van der Waals surface area (Å²) in [5, 5.41) is 2.71. The molecule has 3 nitrogen and oxygen atoms in total. The van der Waals surface area contributed by atoms with Gasteiger partial charge in [0, 0.05) is 19.2 Å². The van der Waals surface area contributed by atoms with E-state index in [0.29, 0.717) is 12.1 Å². The lowest BCUT2D eigenvalue weighted by Gasteiger charge is -2.10. The molecule has 0 spiro atoms. The van der Waals surface area contributed by atoms with Gasteiger partial charge in [-0.3, -0.25) is 0 Å². The summed E-state index contributed by atoms with van der Waals surface area (Å²) in [6.07, 6.45) is 0. The predicted octanol–water partition coefficient (Wildman–Crippen LogP) is 1.52. The van der Waals surface area contributed by atoms with Crippen LogP contribution in [0.5, 0.6) is 0 Å². The second-order valence-corrected chi connectivity index (χ2v) is 3.40.